The molecule has 0 bridgehead atoms. The van der Waals surface area contributed by atoms with Gasteiger partial charge in [0.25, 0.3) is 0 Å². The molecule has 1 rings (SSSR count). The quantitative estimate of drug-likeness (QED) is 0.0864. The van der Waals surface area contributed by atoms with E-state index in [2.05, 4.69) is 5.32 Å². The molecule has 0 fully saturated rings. The molecule has 2 N–H and O–H groups in total. The number of benzene rings is 1. The lowest BCUT2D eigenvalue weighted by atomic mass is 10.0. The SMILES string of the molecule is CCCCCOC(=O)Oc1ccc(C[C@H](NCC(C)OC(=O)OCC(C)C)C(=O)O)cc1OC(=O)OCCCCC. The summed E-state index contributed by atoms with van der Waals surface area (Å²) in [6.45, 7) is 10.0. The number of carbonyl (C=O) groups excluding carboxylic acids is 3. The maximum Gasteiger partial charge on any atom is 0.513 e. The van der Waals surface area contributed by atoms with Gasteiger partial charge in [0.05, 0.1) is 19.8 Å². The van der Waals surface area contributed by atoms with Crippen LogP contribution in [0, 0.1) is 5.92 Å². The average Bonchev–Trinajstić information content (AvgIpc) is 2.91. The van der Waals surface area contributed by atoms with Crippen LogP contribution in [0.2, 0.25) is 0 Å². The lowest BCUT2D eigenvalue weighted by Gasteiger charge is -2.19. The maximum atomic E-state index is 12.3. The molecule has 41 heavy (non-hydrogen) atoms. The molecule has 2 atom stereocenters. The highest BCUT2D eigenvalue weighted by molar-refractivity contribution is 5.74. The fourth-order valence-corrected chi connectivity index (χ4v) is 3.36. The first kappa shape index (κ1) is 35.5. The smallest absolute Gasteiger partial charge is 0.480 e. The van der Waals surface area contributed by atoms with E-state index in [0.717, 1.165) is 25.7 Å². The molecule has 0 aromatic heterocycles. The van der Waals surface area contributed by atoms with Gasteiger partial charge in [-0.3, -0.25) is 4.79 Å². The van der Waals surface area contributed by atoms with Crippen LogP contribution in [0.15, 0.2) is 18.2 Å². The van der Waals surface area contributed by atoms with E-state index in [1.165, 1.54) is 12.1 Å². The Morgan fingerprint density at radius 1 is 0.805 bits per heavy atom. The van der Waals surface area contributed by atoms with E-state index in [4.69, 9.17) is 28.4 Å². The number of carboxylic acids is 1. The van der Waals surface area contributed by atoms with Crippen LogP contribution >= 0.6 is 0 Å². The van der Waals surface area contributed by atoms with Crippen LogP contribution in [-0.2, 0) is 30.2 Å². The zero-order chi connectivity index (χ0) is 30.6. The molecule has 0 aliphatic heterocycles. The summed E-state index contributed by atoms with van der Waals surface area (Å²) in [6, 6.07) is 3.25. The second-order valence-electron chi connectivity index (χ2n) is 9.98. The molecular formula is C29H45NO11. The second kappa shape index (κ2) is 20.4. The molecule has 0 amide bonds. The summed E-state index contributed by atoms with van der Waals surface area (Å²) in [5, 5.41) is 12.6. The van der Waals surface area contributed by atoms with Gasteiger partial charge in [-0.1, -0.05) is 59.4 Å². The molecule has 0 radical (unpaired) electrons. The Balaban J connectivity index is 2.91. The summed E-state index contributed by atoms with van der Waals surface area (Å²) in [4.78, 5) is 48.1. The highest BCUT2D eigenvalue weighted by Gasteiger charge is 2.22. The molecule has 0 heterocycles. The minimum Gasteiger partial charge on any atom is -0.480 e. The lowest BCUT2D eigenvalue weighted by molar-refractivity contribution is -0.139. The largest absolute Gasteiger partial charge is 0.513 e. The predicted molar refractivity (Wildman–Crippen MR) is 149 cm³/mol. The van der Waals surface area contributed by atoms with Crippen molar-refractivity contribution in [2.75, 3.05) is 26.4 Å². The number of carbonyl (C=O) groups is 4. The van der Waals surface area contributed by atoms with Crippen LogP contribution in [0.3, 0.4) is 0 Å². The van der Waals surface area contributed by atoms with Crippen LogP contribution in [0.25, 0.3) is 0 Å². The van der Waals surface area contributed by atoms with Crippen LogP contribution < -0.4 is 14.8 Å². The van der Waals surface area contributed by atoms with Crippen molar-refractivity contribution in [2.45, 2.75) is 91.7 Å². The van der Waals surface area contributed by atoms with Gasteiger partial charge in [0.1, 0.15) is 12.1 Å². The van der Waals surface area contributed by atoms with Crippen LogP contribution in [0.1, 0.15) is 78.7 Å². The van der Waals surface area contributed by atoms with Crippen molar-refractivity contribution in [1.29, 1.82) is 0 Å². The van der Waals surface area contributed by atoms with Gasteiger partial charge in [-0.2, -0.15) is 0 Å². The molecule has 0 aliphatic carbocycles. The Morgan fingerprint density at radius 2 is 1.39 bits per heavy atom. The molecule has 12 nitrogen and oxygen atoms in total. The number of nitrogens with one attached hydrogen (secondary N) is 1. The first-order valence-electron chi connectivity index (χ1n) is 14.2. The van der Waals surface area contributed by atoms with E-state index in [1.54, 1.807) is 13.0 Å². The highest BCUT2D eigenvalue weighted by atomic mass is 16.7. The summed E-state index contributed by atoms with van der Waals surface area (Å²) in [5.41, 5.74) is 0.465. The number of ether oxygens (including phenoxy) is 6. The molecule has 0 spiro atoms. The fraction of sp³-hybridized carbons (Fsp3) is 0.655. The van der Waals surface area contributed by atoms with Crippen molar-refractivity contribution in [3.63, 3.8) is 0 Å². The normalized spacial score (nSPS) is 12.2. The average molecular weight is 584 g/mol. The minimum absolute atomic E-state index is 0.0243. The Morgan fingerprint density at radius 3 is 1.93 bits per heavy atom. The lowest BCUT2D eigenvalue weighted by Crippen LogP contribution is -2.42. The zero-order valence-corrected chi connectivity index (χ0v) is 24.8. The Bertz CT molecular complexity index is 951. The van der Waals surface area contributed by atoms with E-state index in [1.807, 2.05) is 27.7 Å². The number of aliphatic carboxylic acids is 1. The van der Waals surface area contributed by atoms with Gasteiger partial charge in [0.15, 0.2) is 11.5 Å². The van der Waals surface area contributed by atoms with Gasteiger partial charge in [0, 0.05) is 6.54 Å². The van der Waals surface area contributed by atoms with Crippen molar-refractivity contribution in [1.82, 2.24) is 5.32 Å². The molecule has 12 heteroatoms. The van der Waals surface area contributed by atoms with Gasteiger partial charge in [-0.25, -0.2) is 14.4 Å². The second-order valence-corrected chi connectivity index (χ2v) is 9.98. The highest BCUT2D eigenvalue weighted by Crippen LogP contribution is 2.30. The van der Waals surface area contributed by atoms with Gasteiger partial charge in [-0.15, -0.1) is 0 Å². The van der Waals surface area contributed by atoms with Gasteiger partial charge in [0.2, 0.25) is 0 Å². The van der Waals surface area contributed by atoms with Crippen molar-refractivity contribution in [2.24, 2.45) is 5.92 Å². The number of carboxylic acid groups (broad SMARTS) is 1. The predicted octanol–water partition coefficient (Wildman–Crippen LogP) is 5.88. The number of hydrogen-bond acceptors (Lipinski definition) is 11. The third kappa shape index (κ3) is 16.3. The van der Waals surface area contributed by atoms with Crippen molar-refractivity contribution < 1.29 is 52.7 Å². The molecule has 1 unspecified atom stereocenters. The Hall–Kier alpha value is -3.54. The third-order valence-corrected chi connectivity index (χ3v) is 5.55. The van der Waals surface area contributed by atoms with Gasteiger partial charge < -0.3 is 38.8 Å². The third-order valence-electron chi connectivity index (χ3n) is 5.55. The van der Waals surface area contributed by atoms with Crippen molar-refractivity contribution >= 4 is 24.4 Å². The number of hydrogen-bond donors (Lipinski definition) is 2. The maximum absolute atomic E-state index is 12.3. The van der Waals surface area contributed by atoms with Crippen LogP contribution in [0.4, 0.5) is 14.4 Å². The molecule has 1 aromatic rings. The first-order valence-corrected chi connectivity index (χ1v) is 14.2. The van der Waals surface area contributed by atoms with Crippen LogP contribution in [0.5, 0.6) is 11.5 Å². The van der Waals surface area contributed by atoms with E-state index < -0.39 is 36.6 Å². The van der Waals surface area contributed by atoms with E-state index in [-0.39, 0.29) is 50.2 Å². The van der Waals surface area contributed by atoms with Crippen LogP contribution in [-0.4, -0.2) is 68.1 Å². The van der Waals surface area contributed by atoms with E-state index >= 15 is 0 Å². The number of unbranched alkanes of at least 4 members (excludes halogenated alkanes) is 4. The van der Waals surface area contributed by atoms with Gasteiger partial charge >= 0.3 is 24.4 Å². The molecular weight excluding hydrogens is 538 g/mol. The number of rotatable bonds is 19. The minimum atomic E-state index is -1.15. The molecule has 0 aliphatic rings. The fourth-order valence-electron chi connectivity index (χ4n) is 3.36. The summed E-state index contributed by atoms with van der Waals surface area (Å²) >= 11 is 0. The monoisotopic (exact) mass is 583 g/mol. The molecule has 0 saturated heterocycles. The summed E-state index contributed by atoms with van der Waals surface area (Å²) in [6.07, 6.45) is 1.59. The molecule has 0 saturated carbocycles. The Kier molecular flexibility index (Phi) is 17.6. The first-order chi connectivity index (χ1) is 19.5. The van der Waals surface area contributed by atoms with Crippen molar-refractivity contribution in [3.8, 4) is 11.5 Å². The summed E-state index contributed by atoms with van der Waals surface area (Å²) in [7, 11) is 0. The zero-order valence-electron chi connectivity index (χ0n) is 24.8. The molecule has 232 valence electrons. The van der Waals surface area contributed by atoms with E-state index in [9.17, 15) is 24.3 Å². The summed E-state index contributed by atoms with van der Waals surface area (Å²) in [5.74, 6) is -1.20. The molecule has 1 aromatic carbocycles. The van der Waals surface area contributed by atoms with Gasteiger partial charge in [-0.05, 0) is 49.8 Å². The Labute approximate surface area is 241 Å². The standard InChI is InChI=1S/C29H45NO11/c1-6-8-10-14-36-27(33)40-24-13-12-22(17-25(24)41-28(34)37-15-11-9-7-2)16-23(26(31)32)30-18-21(5)39-29(35)38-19-20(3)4/h12-13,17,20-21,23,30H,6-11,14-16,18-19H2,1-5H3,(H,31,32)/t21?,23-/m0/s1. The van der Waals surface area contributed by atoms with Crippen molar-refractivity contribution in [3.05, 3.63) is 23.8 Å². The summed E-state index contributed by atoms with van der Waals surface area (Å²) < 4.78 is 30.8. The van der Waals surface area contributed by atoms with E-state index in [0.29, 0.717) is 18.4 Å². The topological polar surface area (TPSA) is 156 Å².